The molecule has 40 heavy (non-hydrogen) atoms. The van der Waals surface area contributed by atoms with Crippen LogP contribution in [0.3, 0.4) is 0 Å². The fraction of sp³-hybridized carbons (Fsp3) is 0.296. The molecular formula is C27H36N6O7. The first-order chi connectivity index (χ1) is 18.9. The topological polar surface area (TPSA) is 268 Å². The molecule has 2 heterocycles. The Kier molecular flexibility index (Phi) is 12.1. The molecule has 0 bridgehead atoms. The number of hydrogen-bond donors (Lipinski definition) is 10. The molecule has 0 radical (unpaired) electrons. The number of nitrogens with one attached hydrogen (secondary N) is 2. The van der Waals surface area contributed by atoms with Crippen molar-refractivity contribution in [1.82, 2.24) is 9.97 Å². The third-order valence-corrected chi connectivity index (χ3v) is 5.98. The Balaban J connectivity index is 0.000000220. The van der Waals surface area contributed by atoms with Crippen LogP contribution in [0.1, 0.15) is 24.0 Å². The lowest BCUT2D eigenvalue weighted by atomic mass is 10.1. The van der Waals surface area contributed by atoms with E-state index in [1.165, 1.54) is 0 Å². The lowest BCUT2D eigenvalue weighted by molar-refractivity contribution is -0.139. The third kappa shape index (κ3) is 9.39. The maximum atomic E-state index is 10.6. The summed E-state index contributed by atoms with van der Waals surface area (Å²) in [6.45, 7) is 0.501. The van der Waals surface area contributed by atoms with Crippen molar-refractivity contribution in [2.75, 3.05) is 6.54 Å². The average Bonchev–Trinajstić information content (AvgIpc) is 3.51. The highest BCUT2D eigenvalue weighted by molar-refractivity contribution is 5.86. The highest BCUT2D eigenvalue weighted by atomic mass is 16.4. The SMILES string of the molecule is NCCC[C@H](N)C(=O)O.N[C@@H](Cc1c[nH]c2ccc(O)cc12)C(=O)O.N[C@@H](Cc1c[nH]c2ccccc12)C(=O)O. The predicted octanol–water partition coefficient (Wildman–Crippen LogP) is 1.09. The van der Waals surface area contributed by atoms with Crippen LogP contribution in [0, 0.1) is 0 Å². The molecule has 2 aromatic heterocycles. The summed E-state index contributed by atoms with van der Waals surface area (Å²) in [5, 5.41) is 36.9. The molecule has 0 saturated carbocycles. The number of carboxylic acids is 3. The Morgan fingerprint density at radius 2 is 1.23 bits per heavy atom. The number of H-pyrrole nitrogens is 2. The van der Waals surface area contributed by atoms with E-state index >= 15 is 0 Å². The van der Waals surface area contributed by atoms with Crippen molar-refractivity contribution in [1.29, 1.82) is 0 Å². The van der Waals surface area contributed by atoms with Crippen LogP contribution in [0.4, 0.5) is 0 Å². The van der Waals surface area contributed by atoms with E-state index in [-0.39, 0.29) is 12.2 Å². The van der Waals surface area contributed by atoms with Gasteiger partial charge in [-0.1, -0.05) is 18.2 Å². The minimum Gasteiger partial charge on any atom is -0.508 e. The molecule has 4 rings (SSSR count). The molecule has 0 spiro atoms. The Bertz CT molecular complexity index is 1420. The van der Waals surface area contributed by atoms with Gasteiger partial charge >= 0.3 is 17.9 Å². The number of nitrogens with two attached hydrogens (primary N) is 4. The van der Waals surface area contributed by atoms with Gasteiger partial charge in [-0.05, 0) is 54.8 Å². The first-order valence-electron chi connectivity index (χ1n) is 12.4. The van der Waals surface area contributed by atoms with E-state index in [0.717, 1.165) is 32.9 Å². The smallest absolute Gasteiger partial charge is 0.320 e. The molecule has 0 fully saturated rings. The standard InChI is InChI=1S/C11H12N2O3.C11H12N2O2.C5H12N2O2/c12-9(11(15)16)3-6-5-13-10-2-1-7(14)4-8(6)10;12-9(11(14)15)5-7-6-13-10-4-2-1-3-8(7)10;6-3-1-2-4(7)5(8)9/h1-2,4-5,9,13-14H,3,12H2,(H,15,16);1-4,6,9,13H,5,12H2,(H,14,15);4H,1-3,6-7H2,(H,8,9)/t2*9-;4-/m000/s1. The predicted molar refractivity (Wildman–Crippen MR) is 151 cm³/mol. The lowest BCUT2D eigenvalue weighted by Gasteiger charge is -2.04. The number of benzene rings is 2. The molecule has 13 nitrogen and oxygen atoms in total. The molecule has 0 unspecified atom stereocenters. The second-order valence-electron chi connectivity index (χ2n) is 9.08. The van der Waals surface area contributed by atoms with Crippen LogP contribution in [0.25, 0.3) is 21.8 Å². The van der Waals surface area contributed by atoms with E-state index in [1.54, 1.807) is 24.4 Å². The van der Waals surface area contributed by atoms with E-state index in [4.69, 9.17) is 38.3 Å². The van der Waals surface area contributed by atoms with Gasteiger partial charge in [0.15, 0.2) is 0 Å². The van der Waals surface area contributed by atoms with E-state index in [1.807, 2.05) is 30.5 Å². The van der Waals surface area contributed by atoms with Gasteiger partial charge in [-0.3, -0.25) is 14.4 Å². The summed E-state index contributed by atoms with van der Waals surface area (Å²) in [5.41, 5.74) is 24.8. The highest BCUT2D eigenvalue weighted by Crippen LogP contribution is 2.23. The highest BCUT2D eigenvalue weighted by Gasteiger charge is 2.15. The number of aliphatic carboxylic acids is 3. The number of aromatic nitrogens is 2. The van der Waals surface area contributed by atoms with Crippen molar-refractivity contribution in [3.05, 3.63) is 66.0 Å². The summed E-state index contributed by atoms with van der Waals surface area (Å²) in [4.78, 5) is 37.4. The average molecular weight is 557 g/mol. The van der Waals surface area contributed by atoms with Crippen molar-refractivity contribution in [2.24, 2.45) is 22.9 Å². The minimum atomic E-state index is -1.03. The normalized spacial score (nSPS) is 12.9. The molecule has 0 aliphatic heterocycles. The molecule has 0 amide bonds. The van der Waals surface area contributed by atoms with Gasteiger partial charge < -0.3 is 53.3 Å². The second kappa shape index (κ2) is 15.2. The summed E-state index contributed by atoms with van der Waals surface area (Å²) in [6.07, 6.45) is 5.25. The first-order valence-corrected chi connectivity index (χ1v) is 12.4. The molecular weight excluding hydrogens is 520 g/mol. The monoisotopic (exact) mass is 556 g/mol. The quantitative estimate of drug-likeness (QED) is 0.132. The van der Waals surface area contributed by atoms with Gasteiger partial charge in [-0.25, -0.2) is 0 Å². The van der Waals surface area contributed by atoms with Crippen molar-refractivity contribution in [3.8, 4) is 5.75 Å². The number of aromatic amines is 2. The van der Waals surface area contributed by atoms with Crippen LogP contribution in [0.5, 0.6) is 5.75 Å². The Labute approximate surface area is 229 Å². The Hall–Kier alpha value is -4.43. The van der Waals surface area contributed by atoms with Gasteiger partial charge in [0.2, 0.25) is 0 Å². The van der Waals surface area contributed by atoms with Crippen molar-refractivity contribution in [2.45, 2.75) is 43.8 Å². The fourth-order valence-corrected chi connectivity index (χ4v) is 3.75. The maximum Gasteiger partial charge on any atom is 0.320 e. The molecule has 4 aromatic rings. The summed E-state index contributed by atoms with van der Waals surface area (Å²) in [7, 11) is 0. The van der Waals surface area contributed by atoms with Gasteiger partial charge in [0.1, 0.15) is 23.9 Å². The fourth-order valence-electron chi connectivity index (χ4n) is 3.75. The van der Waals surface area contributed by atoms with E-state index in [2.05, 4.69) is 9.97 Å². The van der Waals surface area contributed by atoms with E-state index in [0.29, 0.717) is 25.8 Å². The zero-order chi connectivity index (χ0) is 29.8. The zero-order valence-electron chi connectivity index (χ0n) is 21.8. The maximum absolute atomic E-state index is 10.6. The minimum absolute atomic E-state index is 0.150. The number of para-hydroxylation sites is 1. The largest absolute Gasteiger partial charge is 0.508 e. The van der Waals surface area contributed by atoms with E-state index < -0.39 is 36.0 Å². The van der Waals surface area contributed by atoms with Crippen LogP contribution < -0.4 is 22.9 Å². The van der Waals surface area contributed by atoms with Crippen LogP contribution in [0.2, 0.25) is 0 Å². The Morgan fingerprint density at radius 1 is 0.725 bits per heavy atom. The number of phenolic OH excluding ortho intramolecular Hbond substituents is 1. The number of hydrogen-bond acceptors (Lipinski definition) is 8. The molecule has 0 aliphatic rings. The van der Waals surface area contributed by atoms with Gasteiger partial charge in [0, 0.05) is 47.0 Å². The lowest BCUT2D eigenvalue weighted by Crippen LogP contribution is -2.32. The summed E-state index contributed by atoms with van der Waals surface area (Å²) < 4.78 is 0. The van der Waals surface area contributed by atoms with Crippen molar-refractivity contribution < 1.29 is 34.8 Å². The van der Waals surface area contributed by atoms with Gasteiger partial charge in [-0.15, -0.1) is 0 Å². The summed E-state index contributed by atoms with van der Waals surface area (Å²) in [6, 6.07) is 10.1. The molecule has 13 heteroatoms. The summed E-state index contributed by atoms with van der Waals surface area (Å²) >= 11 is 0. The number of aromatic hydroxyl groups is 1. The second-order valence-corrected chi connectivity index (χ2v) is 9.08. The first kappa shape index (κ1) is 31.8. The van der Waals surface area contributed by atoms with Gasteiger partial charge in [-0.2, -0.15) is 0 Å². The van der Waals surface area contributed by atoms with E-state index in [9.17, 15) is 19.5 Å². The number of phenols is 1. The zero-order valence-corrected chi connectivity index (χ0v) is 21.8. The molecule has 3 atom stereocenters. The Morgan fingerprint density at radius 3 is 1.75 bits per heavy atom. The van der Waals surface area contributed by atoms with Crippen molar-refractivity contribution >= 4 is 39.7 Å². The van der Waals surface area contributed by atoms with Crippen LogP contribution in [-0.4, -0.2) is 73.0 Å². The molecule has 0 saturated heterocycles. The molecule has 0 aliphatic carbocycles. The van der Waals surface area contributed by atoms with Gasteiger partial charge in [0.05, 0.1) is 0 Å². The molecule has 14 N–H and O–H groups in total. The molecule has 2 aromatic carbocycles. The number of rotatable bonds is 10. The van der Waals surface area contributed by atoms with Crippen molar-refractivity contribution in [3.63, 3.8) is 0 Å². The van der Waals surface area contributed by atoms with Crippen LogP contribution in [-0.2, 0) is 27.2 Å². The summed E-state index contributed by atoms with van der Waals surface area (Å²) in [5.74, 6) is -2.81. The van der Waals surface area contributed by atoms with Crippen LogP contribution in [0.15, 0.2) is 54.9 Å². The number of carboxylic acid groups (broad SMARTS) is 3. The number of fused-ring (bicyclic) bond motifs is 2. The third-order valence-electron chi connectivity index (χ3n) is 5.98. The number of carbonyl (C=O) groups is 3. The van der Waals surface area contributed by atoms with Crippen LogP contribution >= 0.6 is 0 Å². The molecule has 216 valence electrons. The van der Waals surface area contributed by atoms with Gasteiger partial charge in [0.25, 0.3) is 0 Å².